The van der Waals surface area contributed by atoms with Gasteiger partial charge < -0.3 is 9.80 Å². The molecular weight excluding hydrogens is 476 g/mol. The number of hydrogen-bond donors (Lipinski definition) is 0. The molecule has 5 rings (SSSR count). The predicted octanol–water partition coefficient (Wildman–Crippen LogP) is 3.98. The number of carbonyl (C=O) groups is 2. The maximum atomic E-state index is 13.1. The van der Waals surface area contributed by atoms with E-state index in [1.54, 1.807) is 4.90 Å². The van der Waals surface area contributed by atoms with E-state index in [0.29, 0.717) is 44.7 Å². The fraction of sp³-hybridized carbons (Fsp3) is 0.333. The van der Waals surface area contributed by atoms with Gasteiger partial charge in [0.2, 0.25) is 5.91 Å². The summed E-state index contributed by atoms with van der Waals surface area (Å²) < 4.78 is 0. The van der Waals surface area contributed by atoms with Gasteiger partial charge in [-0.05, 0) is 41.1 Å². The largest absolute Gasteiger partial charge is 0.339 e. The van der Waals surface area contributed by atoms with Gasteiger partial charge in [0.1, 0.15) is 0 Å². The van der Waals surface area contributed by atoms with Crippen molar-refractivity contribution >= 4 is 28.8 Å². The zero-order valence-corrected chi connectivity index (χ0v) is 20.7. The molecule has 9 heteroatoms. The van der Waals surface area contributed by atoms with E-state index in [2.05, 4.69) is 40.6 Å². The van der Waals surface area contributed by atoms with Crippen molar-refractivity contribution in [2.45, 2.75) is 18.9 Å². The fourth-order valence-electron chi connectivity index (χ4n) is 5.10. The van der Waals surface area contributed by atoms with E-state index in [-0.39, 0.29) is 23.5 Å². The number of non-ortho nitro benzene ring substituents is 1. The van der Waals surface area contributed by atoms with Crippen LogP contribution in [0.2, 0.25) is 0 Å². The van der Waals surface area contributed by atoms with Crippen molar-refractivity contribution in [1.82, 2.24) is 14.7 Å². The van der Waals surface area contributed by atoms with Crippen LogP contribution < -0.4 is 0 Å². The second-order valence-electron chi connectivity index (χ2n) is 9.13. The summed E-state index contributed by atoms with van der Waals surface area (Å²) in [7, 11) is 0. The molecule has 2 aromatic carbocycles. The third-order valence-corrected chi connectivity index (χ3v) is 8.04. The summed E-state index contributed by atoms with van der Waals surface area (Å²) in [5.41, 5.74) is 2.98. The lowest BCUT2D eigenvalue weighted by molar-refractivity contribution is -0.384. The number of thiophene rings is 1. The van der Waals surface area contributed by atoms with Gasteiger partial charge in [-0.2, -0.15) is 0 Å². The number of amides is 2. The molecule has 2 aliphatic rings. The van der Waals surface area contributed by atoms with Crippen molar-refractivity contribution in [2.24, 2.45) is 0 Å². The molecular formula is C27H28N4O4S. The van der Waals surface area contributed by atoms with Gasteiger partial charge in [-0.1, -0.05) is 30.3 Å². The fourth-order valence-corrected chi connectivity index (χ4v) is 6.00. The molecule has 0 aliphatic carbocycles. The van der Waals surface area contributed by atoms with Crippen molar-refractivity contribution in [1.29, 1.82) is 0 Å². The molecule has 36 heavy (non-hydrogen) atoms. The highest BCUT2D eigenvalue weighted by atomic mass is 32.1. The third-order valence-electron chi connectivity index (χ3n) is 7.04. The Morgan fingerprint density at radius 2 is 1.61 bits per heavy atom. The number of nitrogens with zero attached hydrogens (tertiary/aromatic N) is 4. The van der Waals surface area contributed by atoms with Crippen LogP contribution in [0.4, 0.5) is 5.69 Å². The number of fused-ring (bicyclic) bond motifs is 1. The normalized spacial score (nSPS) is 18.1. The van der Waals surface area contributed by atoms with E-state index >= 15 is 0 Å². The molecule has 186 valence electrons. The Morgan fingerprint density at radius 1 is 0.917 bits per heavy atom. The van der Waals surface area contributed by atoms with Crippen molar-refractivity contribution in [3.05, 3.63) is 97.7 Å². The minimum atomic E-state index is -0.482. The number of piperazine rings is 1. The Morgan fingerprint density at radius 3 is 2.31 bits per heavy atom. The highest BCUT2D eigenvalue weighted by Gasteiger charge is 2.31. The summed E-state index contributed by atoms with van der Waals surface area (Å²) >= 11 is 1.81. The van der Waals surface area contributed by atoms with E-state index in [9.17, 15) is 19.7 Å². The van der Waals surface area contributed by atoms with Gasteiger partial charge >= 0.3 is 0 Å². The topological polar surface area (TPSA) is 87.0 Å². The maximum Gasteiger partial charge on any atom is 0.269 e. The molecule has 0 N–H and O–H groups in total. The smallest absolute Gasteiger partial charge is 0.269 e. The Labute approximate surface area is 213 Å². The molecule has 0 bridgehead atoms. The summed E-state index contributed by atoms with van der Waals surface area (Å²) in [5, 5.41) is 13.0. The molecule has 0 unspecified atom stereocenters. The SMILES string of the molecule is O=C(CCN1CCc2sccc2[C@@H]1c1ccccc1)N1CCN(C(=O)c2ccc([N+](=O)[O-])cc2)CC1. The molecule has 2 amide bonds. The van der Waals surface area contributed by atoms with Crippen molar-refractivity contribution in [2.75, 3.05) is 39.3 Å². The van der Waals surface area contributed by atoms with Crippen LogP contribution in [0.15, 0.2) is 66.0 Å². The third kappa shape index (κ3) is 5.03. The maximum absolute atomic E-state index is 13.1. The Bertz CT molecular complexity index is 1240. The van der Waals surface area contributed by atoms with Gasteiger partial charge in [0.25, 0.3) is 11.6 Å². The van der Waals surface area contributed by atoms with Crippen LogP contribution in [-0.4, -0.2) is 70.7 Å². The molecule has 1 aromatic heterocycles. The minimum Gasteiger partial charge on any atom is -0.339 e. The van der Waals surface area contributed by atoms with Crippen LogP contribution in [0.5, 0.6) is 0 Å². The molecule has 1 atom stereocenters. The first-order valence-electron chi connectivity index (χ1n) is 12.2. The van der Waals surface area contributed by atoms with E-state index < -0.39 is 4.92 Å². The Kier molecular flexibility index (Phi) is 7.11. The summed E-state index contributed by atoms with van der Waals surface area (Å²) in [5.74, 6) is -0.0528. The number of nitro groups is 1. The average molecular weight is 505 g/mol. The predicted molar refractivity (Wildman–Crippen MR) is 138 cm³/mol. The van der Waals surface area contributed by atoms with Gasteiger partial charge in [-0.15, -0.1) is 11.3 Å². The molecule has 0 radical (unpaired) electrons. The Hall–Kier alpha value is -3.56. The molecule has 1 fully saturated rings. The molecule has 0 spiro atoms. The van der Waals surface area contributed by atoms with Crippen LogP contribution >= 0.6 is 11.3 Å². The van der Waals surface area contributed by atoms with Crippen LogP contribution in [0, 0.1) is 10.1 Å². The van der Waals surface area contributed by atoms with E-state index in [0.717, 1.165) is 13.0 Å². The van der Waals surface area contributed by atoms with E-state index in [1.807, 2.05) is 22.3 Å². The van der Waals surface area contributed by atoms with Crippen molar-refractivity contribution < 1.29 is 14.5 Å². The molecule has 3 aromatic rings. The summed E-state index contributed by atoms with van der Waals surface area (Å²) in [4.78, 5) is 43.6. The first-order valence-corrected chi connectivity index (χ1v) is 13.1. The van der Waals surface area contributed by atoms with Gasteiger partial charge in [-0.3, -0.25) is 24.6 Å². The zero-order chi connectivity index (χ0) is 25.1. The standard InChI is InChI=1S/C27H28N4O4S/c32-25(28-15-17-30(18-16-28)27(33)21-6-8-22(9-7-21)31(34)35)11-14-29-13-10-24-23(12-19-36-24)26(29)20-4-2-1-3-5-20/h1-9,12,19,26H,10-11,13-18H2/t26-/m0/s1. The van der Waals surface area contributed by atoms with Gasteiger partial charge in [0.15, 0.2) is 0 Å². The van der Waals surface area contributed by atoms with Crippen molar-refractivity contribution in [3.63, 3.8) is 0 Å². The first-order chi connectivity index (χ1) is 17.5. The molecule has 1 saturated heterocycles. The van der Waals surface area contributed by atoms with Crippen LogP contribution in [0.25, 0.3) is 0 Å². The van der Waals surface area contributed by atoms with Gasteiger partial charge in [-0.25, -0.2) is 0 Å². The Balaban J connectivity index is 1.16. The highest BCUT2D eigenvalue weighted by Crippen LogP contribution is 2.37. The highest BCUT2D eigenvalue weighted by molar-refractivity contribution is 7.10. The zero-order valence-electron chi connectivity index (χ0n) is 19.9. The lowest BCUT2D eigenvalue weighted by Crippen LogP contribution is -2.51. The van der Waals surface area contributed by atoms with Crippen molar-refractivity contribution in [3.8, 4) is 0 Å². The molecule has 0 saturated carbocycles. The molecule has 3 heterocycles. The van der Waals surface area contributed by atoms with Gasteiger partial charge in [0, 0.05) is 68.3 Å². The van der Waals surface area contributed by atoms with E-state index in [4.69, 9.17) is 0 Å². The first kappa shape index (κ1) is 24.1. The average Bonchev–Trinajstić information content (AvgIpc) is 3.40. The number of carbonyl (C=O) groups excluding carboxylic acids is 2. The van der Waals surface area contributed by atoms with Crippen LogP contribution in [0.1, 0.15) is 38.8 Å². The number of rotatable bonds is 6. The second-order valence-corrected chi connectivity index (χ2v) is 10.1. The lowest BCUT2D eigenvalue weighted by atomic mass is 9.93. The van der Waals surface area contributed by atoms with Gasteiger partial charge in [0.05, 0.1) is 11.0 Å². The summed E-state index contributed by atoms with van der Waals surface area (Å²) in [6.07, 6.45) is 1.45. The molecule has 8 nitrogen and oxygen atoms in total. The second kappa shape index (κ2) is 10.6. The van der Waals surface area contributed by atoms with Crippen LogP contribution in [-0.2, 0) is 11.2 Å². The van der Waals surface area contributed by atoms with Crippen LogP contribution in [0.3, 0.4) is 0 Å². The minimum absolute atomic E-state index is 0.0413. The number of hydrogen-bond acceptors (Lipinski definition) is 6. The quantitative estimate of drug-likeness (QED) is 0.374. The number of benzene rings is 2. The molecule has 2 aliphatic heterocycles. The monoisotopic (exact) mass is 504 g/mol. The number of nitro benzene ring substituents is 1. The summed E-state index contributed by atoms with van der Waals surface area (Å²) in [6, 6.07) is 18.5. The van der Waals surface area contributed by atoms with E-state index in [1.165, 1.54) is 40.3 Å². The lowest BCUT2D eigenvalue weighted by Gasteiger charge is -2.38. The summed E-state index contributed by atoms with van der Waals surface area (Å²) in [6.45, 7) is 3.52.